The van der Waals surface area contributed by atoms with Crippen LogP contribution in [0.2, 0.25) is 10.0 Å². The number of halogens is 2. The summed E-state index contributed by atoms with van der Waals surface area (Å²) >= 11 is 12.1. The molecule has 112 valence electrons. The molecule has 0 aliphatic carbocycles. The maximum Gasteiger partial charge on any atom is 0.0612 e. The maximum atomic E-state index is 9.16. The van der Waals surface area contributed by atoms with Crippen LogP contribution in [0.15, 0.2) is 18.2 Å². The molecular weight excluding hydrogens is 295 g/mol. The zero-order chi connectivity index (χ0) is 14.5. The number of aliphatic hydroxyl groups excluding tert-OH is 1. The van der Waals surface area contributed by atoms with Gasteiger partial charge in [0, 0.05) is 38.5 Å². The van der Waals surface area contributed by atoms with Crippen molar-refractivity contribution in [2.45, 2.75) is 13.3 Å². The molecule has 0 aromatic heterocycles. The van der Waals surface area contributed by atoms with Gasteiger partial charge in [0.05, 0.1) is 10.0 Å². The molecule has 3 nitrogen and oxygen atoms in total. The van der Waals surface area contributed by atoms with Crippen molar-refractivity contribution in [2.75, 3.05) is 44.2 Å². The third-order valence-corrected chi connectivity index (χ3v) is 4.48. The van der Waals surface area contributed by atoms with Gasteiger partial charge in [0.2, 0.25) is 0 Å². The van der Waals surface area contributed by atoms with Gasteiger partial charge in [0.15, 0.2) is 0 Å². The summed E-state index contributed by atoms with van der Waals surface area (Å²) in [6.45, 7) is 7.42. The van der Waals surface area contributed by atoms with Crippen LogP contribution < -0.4 is 4.90 Å². The molecule has 0 spiro atoms. The fourth-order valence-electron chi connectivity index (χ4n) is 2.59. The van der Waals surface area contributed by atoms with Gasteiger partial charge >= 0.3 is 0 Å². The molecule has 1 aliphatic rings. The number of aliphatic hydroxyl groups is 1. The normalized spacial score (nSPS) is 18.9. The van der Waals surface area contributed by atoms with Gasteiger partial charge in [0.1, 0.15) is 0 Å². The van der Waals surface area contributed by atoms with E-state index in [1.807, 2.05) is 18.2 Å². The SMILES string of the molecule is CC(CO)CN1CCCN(c2ccc(Cl)c(Cl)c2)CC1. The van der Waals surface area contributed by atoms with Crippen molar-refractivity contribution in [3.63, 3.8) is 0 Å². The van der Waals surface area contributed by atoms with Crippen molar-refractivity contribution >= 4 is 28.9 Å². The van der Waals surface area contributed by atoms with Crippen LogP contribution in [0, 0.1) is 5.92 Å². The molecule has 1 fully saturated rings. The van der Waals surface area contributed by atoms with Gasteiger partial charge in [0.25, 0.3) is 0 Å². The van der Waals surface area contributed by atoms with Crippen molar-refractivity contribution in [2.24, 2.45) is 5.92 Å². The zero-order valence-electron chi connectivity index (χ0n) is 11.9. The van der Waals surface area contributed by atoms with Crippen LogP contribution in [0.3, 0.4) is 0 Å². The van der Waals surface area contributed by atoms with Gasteiger partial charge < -0.3 is 14.9 Å². The minimum atomic E-state index is 0.257. The second-order valence-corrected chi connectivity index (χ2v) is 6.34. The molecule has 0 amide bonds. The maximum absolute atomic E-state index is 9.16. The highest BCUT2D eigenvalue weighted by molar-refractivity contribution is 6.42. The Morgan fingerprint density at radius 2 is 1.95 bits per heavy atom. The van der Waals surface area contributed by atoms with Gasteiger partial charge in [-0.1, -0.05) is 30.1 Å². The molecule has 5 heteroatoms. The topological polar surface area (TPSA) is 26.7 Å². The number of anilines is 1. The highest BCUT2D eigenvalue weighted by atomic mass is 35.5. The predicted octanol–water partition coefficient (Wildman–Crippen LogP) is 3.13. The van der Waals surface area contributed by atoms with Crippen molar-refractivity contribution in [1.82, 2.24) is 4.90 Å². The molecule has 1 atom stereocenters. The lowest BCUT2D eigenvalue weighted by molar-refractivity contribution is 0.179. The van der Waals surface area contributed by atoms with E-state index in [1.165, 1.54) is 0 Å². The summed E-state index contributed by atoms with van der Waals surface area (Å²) in [4.78, 5) is 4.78. The van der Waals surface area contributed by atoms with E-state index in [2.05, 4.69) is 16.7 Å². The summed E-state index contributed by atoms with van der Waals surface area (Å²) in [6.07, 6.45) is 1.12. The van der Waals surface area contributed by atoms with Gasteiger partial charge in [-0.15, -0.1) is 0 Å². The highest BCUT2D eigenvalue weighted by Crippen LogP contribution is 2.27. The van der Waals surface area contributed by atoms with E-state index in [1.54, 1.807) is 0 Å². The Kier molecular flexibility index (Phi) is 5.97. The second kappa shape index (κ2) is 7.51. The monoisotopic (exact) mass is 316 g/mol. The molecular formula is C15H22Cl2N2O. The zero-order valence-corrected chi connectivity index (χ0v) is 13.4. The minimum Gasteiger partial charge on any atom is -0.396 e. The van der Waals surface area contributed by atoms with E-state index in [0.717, 1.165) is 44.8 Å². The third kappa shape index (κ3) is 4.26. The molecule has 2 rings (SSSR count). The molecule has 1 unspecified atom stereocenters. The molecule has 0 saturated carbocycles. The summed E-state index contributed by atoms with van der Waals surface area (Å²) in [5.41, 5.74) is 1.14. The Labute approximate surface area is 131 Å². The Hall–Kier alpha value is -0.480. The lowest BCUT2D eigenvalue weighted by atomic mass is 10.2. The molecule has 0 bridgehead atoms. The van der Waals surface area contributed by atoms with Gasteiger partial charge in [-0.05, 0) is 37.1 Å². The lowest BCUT2D eigenvalue weighted by Crippen LogP contribution is -2.34. The molecule has 1 saturated heterocycles. The van der Waals surface area contributed by atoms with Crippen LogP contribution in [-0.4, -0.2) is 49.3 Å². The number of benzene rings is 1. The van der Waals surface area contributed by atoms with Crippen molar-refractivity contribution in [3.05, 3.63) is 28.2 Å². The van der Waals surface area contributed by atoms with E-state index >= 15 is 0 Å². The molecule has 0 radical (unpaired) electrons. The van der Waals surface area contributed by atoms with Gasteiger partial charge in [-0.25, -0.2) is 0 Å². The molecule has 1 aromatic rings. The first kappa shape index (κ1) is 15.9. The Bertz CT molecular complexity index is 442. The van der Waals surface area contributed by atoms with Gasteiger partial charge in [-0.3, -0.25) is 0 Å². The first-order chi connectivity index (χ1) is 9.60. The molecule has 1 aliphatic heterocycles. The summed E-state index contributed by atoms with van der Waals surface area (Å²) in [5, 5.41) is 10.4. The molecule has 1 N–H and O–H groups in total. The van der Waals surface area contributed by atoms with Crippen LogP contribution >= 0.6 is 23.2 Å². The van der Waals surface area contributed by atoms with Crippen LogP contribution in [0.1, 0.15) is 13.3 Å². The van der Waals surface area contributed by atoms with Crippen LogP contribution in [0.4, 0.5) is 5.69 Å². The summed E-state index contributed by atoms with van der Waals surface area (Å²) < 4.78 is 0. The first-order valence-electron chi connectivity index (χ1n) is 7.13. The van der Waals surface area contributed by atoms with E-state index in [-0.39, 0.29) is 6.61 Å². The summed E-state index contributed by atoms with van der Waals surface area (Å²) in [5.74, 6) is 0.339. The van der Waals surface area contributed by atoms with E-state index in [9.17, 15) is 0 Å². The number of hydrogen-bond donors (Lipinski definition) is 1. The largest absolute Gasteiger partial charge is 0.396 e. The lowest BCUT2D eigenvalue weighted by Gasteiger charge is -2.25. The number of hydrogen-bond acceptors (Lipinski definition) is 3. The smallest absolute Gasteiger partial charge is 0.0612 e. The van der Waals surface area contributed by atoms with E-state index in [0.29, 0.717) is 16.0 Å². The minimum absolute atomic E-state index is 0.257. The highest BCUT2D eigenvalue weighted by Gasteiger charge is 2.17. The Morgan fingerprint density at radius 1 is 1.15 bits per heavy atom. The third-order valence-electron chi connectivity index (χ3n) is 3.74. The average molecular weight is 317 g/mol. The summed E-state index contributed by atoms with van der Waals surface area (Å²) in [7, 11) is 0. The standard InChI is InChI=1S/C15H22Cl2N2O/c1-12(11-20)10-18-5-2-6-19(8-7-18)13-3-4-14(16)15(17)9-13/h3-4,9,12,20H,2,5-8,10-11H2,1H3. The van der Waals surface area contributed by atoms with Crippen molar-refractivity contribution in [1.29, 1.82) is 0 Å². The fraction of sp³-hybridized carbons (Fsp3) is 0.600. The molecule has 1 heterocycles. The van der Waals surface area contributed by atoms with Crippen molar-refractivity contribution < 1.29 is 5.11 Å². The fourth-order valence-corrected chi connectivity index (χ4v) is 2.88. The van der Waals surface area contributed by atoms with E-state index in [4.69, 9.17) is 28.3 Å². The van der Waals surface area contributed by atoms with E-state index < -0.39 is 0 Å². The second-order valence-electron chi connectivity index (χ2n) is 5.53. The predicted molar refractivity (Wildman–Crippen MR) is 86.0 cm³/mol. The van der Waals surface area contributed by atoms with Crippen molar-refractivity contribution in [3.8, 4) is 0 Å². The van der Waals surface area contributed by atoms with Crippen LogP contribution in [-0.2, 0) is 0 Å². The molecule has 20 heavy (non-hydrogen) atoms. The first-order valence-corrected chi connectivity index (χ1v) is 7.89. The Balaban J connectivity index is 1.96. The number of nitrogens with zero attached hydrogens (tertiary/aromatic N) is 2. The van der Waals surface area contributed by atoms with Gasteiger partial charge in [-0.2, -0.15) is 0 Å². The quantitative estimate of drug-likeness (QED) is 0.924. The summed E-state index contributed by atoms with van der Waals surface area (Å²) in [6, 6.07) is 5.83. The molecule has 1 aromatic carbocycles. The van der Waals surface area contributed by atoms with Crippen LogP contribution in [0.5, 0.6) is 0 Å². The number of rotatable bonds is 4. The van der Waals surface area contributed by atoms with Crippen LogP contribution in [0.25, 0.3) is 0 Å². The average Bonchev–Trinajstić information content (AvgIpc) is 2.67. The Morgan fingerprint density at radius 3 is 2.65 bits per heavy atom.